The van der Waals surface area contributed by atoms with Gasteiger partial charge in [-0.1, -0.05) is 30.3 Å². The Balaban J connectivity index is 1.53. The minimum atomic E-state index is -2.66. The highest BCUT2D eigenvalue weighted by Crippen LogP contribution is 2.51. The molecule has 9 heteroatoms. The van der Waals surface area contributed by atoms with Gasteiger partial charge in [-0.05, 0) is 60.4 Å². The minimum Gasteiger partial charge on any atom is -0.507 e. The lowest BCUT2D eigenvalue weighted by Gasteiger charge is -2.48. The van der Waals surface area contributed by atoms with Crippen LogP contribution in [0.5, 0.6) is 5.75 Å². The van der Waals surface area contributed by atoms with E-state index in [1.807, 2.05) is 24.3 Å². The molecule has 0 spiro atoms. The zero-order valence-electron chi connectivity index (χ0n) is 20.7. The average Bonchev–Trinajstić information content (AvgIpc) is 2.85. The third-order valence-electron chi connectivity index (χ3n) is 8.32. The molecule has 2 fully saturated rings. The summed E-state index contributed by atoms with van der Waals surface area (Å²) in [5.74, 6) is -10.2. The van der Waals surface area contributed by atoms with Gasteiger partial charge in [-0.15, -0.1) is 0 Å². The highest BCUT2D eigenvalue weighted by Gasteiger charge is 2.66. The van der Waals surface area contributed by atoms with Gasteiger partial charge in [0.05, 0.1) is 11.5 Å². The van der Waals surface area contributed by atoms with Gasteiger partial charge >= 0.3 is 0 Å². The number of aliphatic hydroxyl groups is 1. The molecule has 2 unspecified atom stereocenters. The molecule has 4 N–H and O–H groups in total. The molecule has 0 heterocycles. The molecule has 5 atom stereocenters. The van der Waals surface area contributed by atoms with Crippen LogP contribution in [0.1, 0.15) is 47.7 Å². The second-order valence-electron chi connectivity index (χ2n) is 10.6. The van der Waals surface area contributed by atoms with E-state index in [0.717, 1.165) is 11.1 Å². The van der Waals surface area contributed by atoms with E-state index in [1.165, 1.54) is 13.0 Å². The number of carbonyl (C=O) groups is 6. The Kier molecular flexibility index (Phi) is 6.14. The van der Waals surface area contributed by atoms with Crippen LogP contribution in [0.2, 0.25) is 0 Å². The maximum atomic E-state index is 13.7. The first-order valence-electron chi connectivity index (χ1n) is 12.6. The number of fused-ring (bicyclic) bond motifs is 3. The van der Waals surface area contributed by atoms with Gasteiger partial charge in [0.2, 0.25) is 5.91 Å². The number of phenols is 1. The van der Waals surface area contributed by atoms with E-state index in [9.17, 15) is 39.0 Å². The number of aryl methyl sites for hydroxylation is 1. The summed E-state index contributed by atoms with van der Waals surface area (Å²) in [7, 11) is 0. The Morgan fingerprint density at radius 2 is 1.68 bits per heavy atom. The largest absolute Gasteiger partial charge is 0.507 e. The van der Waals surface area contributed by atoms with Gasteiger partial charge in [-0.2, -0.15) is 0 Å². The van der Waals surface area contributed by atoms with E-state index in [1.54, 1.807) is 6.07 Å². The van der Waals surface area contributed by atoms with Crippen molar-refractivity contribution in [2.75, 3.05) is 0 Å². The molecular formula is C29H27NO8. The predicted octanol–water partition coefficient (Wildman–Crippen LogP) is 1.52. The number of hydrogen-bond donors (Lipinski definition) is 3. The molecular weight excluding hydrogens is 490 g/mol. The summed E-state index contributed by atoms with van der Waals surface area (Å²) >= 11 is 0. The van der Waals surface area contributed by atoms with Crippen molar-refractivity contribution in [1.29, 1.82) is 0 Å². The molecule has 3 aliphatic carbocycles. The molecule has 1 amide bonds. The van der Waals surface area contributed by atoms with Crippen molar-refractivity contribution in [2.45, 2.75) is 44.6 Å². The molecule has 196 valence electrons. The maximum Gasteiger partial charge on any atom is 0.235 e. The van der Waals surface area contributed by atoms with Crippen LogP contribution in [-0.4, -0.2) is 50.6 Å². The highest BCUT2D eigenvalue weighted by atomic mass is 16.3. The lowest BCUT2D eigenvalue weighted by Crippen LogP contribution is -2.68. The fourth-order valence-electron chi connectivity index (χ4n) is 6.41. The number of phenolic OH excluding ortho intramolecular Hbond substituents is 1. The number of carbonyl (C=O) groups excluding carboxylic acids is 6. The van der Waals surface area contributed by atoms with E-state index in [-0.39, 0.29) is 36.4 Å². The van der Waals surface area contributed by atoms with Crippen LogP contribution in [0.3, 0.4) is 0 Å². The summed E-state index contributed by atoms with van der Waals surface area (Å²) in [6, 6.07) is 10.6. The molecule has 0 bridgehead atoms. The van der Waals surface area contributed by atoms with Gasteiger partial charge in [-0.25, -0.2) is 0 Å². The number of benzene rings is 2. The number of hydrogen-bond acceptors (Lipinski definition) is 8. The summed E-state index contributed by atoms with van der Waals surface area (Å²) < 4.78 is 0. The second kappa shape index (κ2) is 9.09. The lowest BCUT2D eigenvalue weighted by atomic mass is 9.53. The number of amides is 1. The van der Waals surface area contributed by atoms with Gasteiger partial charge in [0, 0.05) is 18.8 Å². The normalized spacial score (nSPS) is 28.4. The molecule has 38 heavy (non-hydrogen) atoms. The minimum absolute atomic E-state index is 0.0365. The number of primary amides is 1. The topological polar surface area (TPSA) is 169 Å². The van der Waals surface area contributed by atoms with Crippen molar-refractivity contribution in [3.05, 3.63) is 53.1 Å². The van der Waals surface area contributed by atoms with E-state index >= 15 is 0 Å². The summed E-state index contributed by atoms with van der Waals surface area (Å²) in [6.45, 7) is 1.54. The first-order valence-corrected chi connectivity index (χ1v) is 12.6. The molecule has 0 radical (unpaired) electrons. The quantitative estimate of drug-likeness (QED) is 0.501. The molecule has 0 aliphatic heterocycles. The van der Waals surface area contributed by atoms with Gasteiger partial charge in [0.1, 0.15) is 11.5 Å². The molecule has 9 nitrogen and oxygen atoms in total. The van der Waals surface area contributed by atoms with Crippen LogP contribution in [0.25, 0.3) is 11.1 Å². The first kappa shape index (κ1) is 25.7. The summed E-state index contributed by atoms with van der Waals surface area (Å²) in [4.78, 5) is 75.8. The van der Waals surface area contributed by atoms with Crippen LogP contribution < -0.4 is 5.73 Å². The van der Waals surface area contributed by atoms with Crippen molar-refractivity contribution in [2.24, 2.45) is 29.4 Å². The zero-order chi connectivity index (χ0) is 27.5. The Morgan fingerprint density at radius 1 is 1.00 bits per heavy atom. The van der Waals surface area contributed by atoms with E-state index in [2.05, 4.69) is 0 Å². The van der Waals surface area contributed by atoms with Crippen molar-refractivity contribution in [3.63, 3.8) is 0 Å². The predicted molar refractivity (Wildman–Crippen MR) is 133 cm³/mol. The summed E-state index contributed by atoms with van der Waals surface area (Å²) in [5, 5.41) is 21.9. The Labute approximate surface area is 218 Å². The lowest BCUT2D eigenvalue weighted by molar-refractivity contribution is -0.175. The fourth-order valence-corrected chi connectivity index (χ4v) is 6.41. The number of nitrogens with two attached hydrogens (primary N) is 1. The van der Waals surface area contributed by atoms with E-state index in [0.29, 0.717) is 24.0 Å². The SMILES string of the molecule is CC(=O)CCc1ccc(-c2ccc(O)c3c2C[C@H]2C[C@H]4CC(=O)C(C(N)=O)C(=O)[C@@]4(O)C(=O)C2C3=O)cc1. The van der Waals surface area contributed by atoms with Gasteiger partial charge in [0.25, 0.3) is 0 Å². The molecule has 0 saturated heterocycles. The standard InChI is InChI=1S/C29H27NO8/c1-13(31)2-3-14-4-6-15(7-5-14)18-8-9-20(32)23-19(18)11-16-10-17-12-21(33)24(28(30)37)27(36)29(17,38)26(35)22(16)25(23)34/h4-9,16-17,22,24,32,38H,2-3,10-12H2,1H3,(H2,30,37)/t16-,17+,22?,24?,29+/m1/s1. The van der Waals surface area contributed by atoms with E-state index < -0.39 is 58.3 Å². The number of Topliss-reactive ketones (excluding diaryl/α,β-unsaturated/α-hetero) is 5. The molecule has 2 aromatic rings. The third kappa shape index (κ3) is 3.80. The molecule has 5 rings (SSSR count). The monoisotopic (exact) mass is 517 g/mol. The average molecular weight is 518 g/mol. The van der Waals surface area contributed by atoms with Gasteiger partial charge in [0.15, 0.2) is 34.7 Å². The summed E-state index contributed by atoms with van der Waals surface area (Å²) in [6.07, 6.45) is 0.909. The van der Waals surface area contributed by atoms with Crippen molar-refractivity contribution in [3.8, 4) is 16.9 Å². The summed E-state index contributed by atoms with van der Waals surface area (Å²) in [5.41, 5.74) is 5.52. The Morgan fingerprint density at radius 3 is 2.32 bits per heavy atom. The number of aromatic hydroxyl groups is 1. The number of ketones is 5. The Hall–Kier alpha value is -3.98. The molecule has 3 aliphatic rings. The first-order chi connectivity index (χ1) is 17.9. The third-order valence-corrected chi connectivity index (χ3v) is 8.32. The van der Waals surface area contributed by atoms with Crippen LogP contribution in [0, 0.1) is 23.7 Å². The zero-order valence-corrected chi connectivity index (χ0v) is 20.7. The van der Waals surface area contributed by atoms with Gasteiger partial charge < -0.3 is 20.7 Å². The van der Waals surface area contributed by atoms with Crippen molar-refractivity contribution in [1.82, 2.24) is 0 Å². The fraction of sp³-hybridized carbons (Fsp3) is 0.379. The van der Waals surface area contributed by atoms with Crippen molar-refractivity contribution >= 4 is 34.8 Å². The Bertz CT molecular complexity index is 1420. The van der Waals surface area contributed by atoms with Crippen molar-refractivity contribution < 1.29 is 39.0 Å². The van der Waals surface area contributed by atoms with Crippen LogP contribution >= 0.6 is 0 Å². The van der Waals surface area contributed by atoms with Crippen LogP contribution in [0.4, 0.5) is 0 Å². The number of rotatable bonds is 5. The highest BCUT2D eigenvalue weighted by molar-refractivity contribution is 6.31. The second-order valence-corrected chi connectivity index (χ2v) is 10.6. The molecule has 2 saturated carbocycles. The maximum absolute atomic E-state index is 13.7. The van der Waals surface area contributed by atoms with Crippen LogP contribution in [-0.2, 0) is 36.8 Å². The van der Waals surface area contributed by atoms with Gasteiger partial charge in [-0.3, -0.25) is 24.0 Å². The molecule has 2 aromatic carbocycles. The van der Waals surface area contributed by atoms with E-state index in [4.69, 9.17) is 5.73 Å². The smallest absolute Gasteiger partial charge is 0.235 e. The van der Waals surface area contributed by atoms with Crippen LogP contribution in [0.15, 0.2) is 36.4 Å². The molecule has 0 aromatic heterocycles.